The fourth-order valence-electron chi connectivity index (χ4n) is 3.27. The zero-order chi connectivity index (χ0) is 23.4. The van der Waals surface area contributed by atoms with Crippen molar-refractivity contribution < 1.29 is 4.79 Å². The van der Waals surface area contributed by atoms with Crippen molar-refractivity contribution in [1.82, 2.24) is 20.3 Å². The number of anilines is 2. The van der Waals surface area contributed by atoms with Gasteiger partial charge in [-0.1, -0.05) is 51.1 Å². The Hall–Kier alpha value is -3.58. The van der Waals surface area contributed by atoms with Gasteiger partial charge < -0.3 is 10.6 Å². The topological polar surface area (TPSA) is 79.8 Å². The van der Waals surface area contributed by atoms with E-state index in [1.54, 1.807) is 12.4 Å². The van der Waals surface area contributed by atoms with Gasteiger partial charge in [-0.15, -0.1) is 11.3 Å². The van der Waals surface area contributed by atoms with Gasteiger partial charge in [0.25, 0.3) is 5.91 Å². The zero-order valence-corrected chi connectivity index (χ0v) is 20.0. The predicted molar refractivity (Wildman–Crippen MR) is 134 cm³/mol. The third-order valence-electron chi connectivity index (χ3n) is 5.13. The molecule has 2 aromatic carbocycles. The van der Waals surface area contributed by atoms with Gasteiger partial charge in [-0.2, -0.15) is 0 Å². The van der Waals surface area contributed by atoms with Crippen molar-refractivity contribution in [3.05, 3.63) is 88.0 Å². The molecule has 2 N–H and O–H groups in total. The minimum atomic E-state index is -0.0982. The van der Waals surface area contributed by atoms with Crippen molar-refractivity contribution in [3.63, 3.8) is 0 Å². The number of hydrogen-bond donors (Lipinski definition) is 2. The Morgan fingerprint density at radius 3 is 2.52 bits per heavy atom. The van der Waals surface area contributed by atoms with E-state index in [0.29, 0.717) is 17.4 Å². The molecular weight excluding hydrogens is 430 g/mol. The first-order valence-electron chi connectivity index (χ1n) is 10.8. The lowest BCUT2D eigenvalue weighted by Crippen LogP contribution is -2.22. The molecule has 0 aliphatic rings. The molecule has 0 fully saturated rings. The number of para-hydroxylation sites is 1. The Balaban J connectivity index is 1.43. The Morgan fingerprint density at radius 2 is 1.82 bits per heavy atom. The molecule has 0 unspecified atom stereocenters. The first kappa shape index (κ1) is 22.6. The number of rotatable bonds is 6. The SMILES string of the molecule is Cc1cc(-c2ccnc(Nc3ccccc3)n2)ccc1CNC(=O)c1cnc(C(C)(C)C)s1. The number of benzene rings is 2. The molecule has 0 atom stereocenters. The second-order valence-corrected chi connectivity index (χ2v) is 9.89. The highest BCUT2D eigenvalue weighted by Crippen LogP contribution is 2.27. The van der Waals surface area contributed by atoms with E-state index in [0.717, 1.165) is 33.1 Å². The number of hydrogen-bond acceptors (Lipinski definition) is 6. The van der Waals surface area contributed by atoms with E-state index in [4.69, 9.17) is 0 Å². The molecule has 0 aliphatic heterocycles. The molecule has 0 saturated heterocycles. The number of carbonyl (C=O) groups is 1. The van der Waals surface area contributed by atoms with Gasteiger partial charge in [-0.25, -0.2) is 15.0 Å². The summed E-state index contributed by atoms with van der Waals surface area (Å²) in [5.74, 6) is 0.450. The van der Waals surface area contributed by atoms with Crippen molar-refractivity contribution in [2.45, 2.75) is 39.7 Å². The van der Waals surface area contributed by atoms with Crippen LogP contribution in [0, 0.1) is 6.92 Å². The molecule has 0 spiro atoms. The average molecular weight is 458 g/mol. The highest BCUT2D eigenvalue weighted by Gasteiger charge is 2.20. The first-order chi connectivity index (χ1) is 15.8. The monoisotopic (exact) mass is 457 g/mol. The van der Waals surface area contributed by atoms with Crippen LogP contribution in [0.1, 0.15) is 46.6 Å². The Bertz CT molecular complexity index is 1260. The maximum atomic E-state index is 12.6. The van der Waals surface area contributed by atoms with E-state index in [2.05, 4.69) is 52.4 Å². The Kier molecular flexibility index (Phi) is 6.51. The van der Waals surface area contributed by atoms with Gasteiger partial charge in [-0.05, 0) is 42.3 Å². The van der Waals surface area contributed by atoms with Crippen molar-refractivity contribution in [2.75, 3.05) is 5.32 Å². The smallest absolute Gasteiger partial charge is 0.263 e. The normalized spacial score (nSPS) is 11.3. The lowest BCUT2D eigenvalue weighted by Gasteiger charge is -2.13. The molecule has 168 valence electrons. The molecule has 4 rings (SSSR count). The lowest BCUT2D eigenvalue weighted by atomic mass is 9.98. The average Bonchev–Trinajstić information content (AvgIpc) is 3.30. The molecule has 2 heterocycles. The molecule has 0 saturated carbocycles. The van der Waals surface area contributed by atoms with Gasteiger partial charge in [-0.3, -0.25) is 4.79 Å². The Labute approximate surface area is 198 Å². The van der Waals surface area contributed by atoms with Gasteiger partial charge in [0.05, 0.1) is 16.9 Å². The van der Waals surface area contributed by atoms with E-state index < -0.39 is 0 Å². The van der Waals surface area contributed by atoms with Crippen LogP contribution in [0.3, 0.4) is 0 Å². The molecule has 6 nitrogen and oxygen atoms in total. The van der Waals surface area contributed by atoms with Crippen LogP contribution < -0.4 is 10.6 Å². The summed E-state index contributed by atoms with van der Waals surface area (Å²) >= 11 is 1.45. The first-order valence-corrected chi connectivity index (χ1v) is 11.6. The van der Waals surface area contributed by atoms with Crippen LogP contribution >= 0.6 is 11.3 Å². The molecule has 0 aliphatic carbocycles. The maximum absolute atomic E-state index is 12.6. The number of nitrogens with zero attached hydrogens (tertiary/aromatic N) is 3. The molecule has 1 amide bonds. The summed E-state index contributed by atoms with van der Waals surface area (Å²) < 4.78 is 0. The van der Waals surface area contributed by atoms with E-state index in [1.165, 1.54) is 11.3 Å². The number of amides is 1. The third kappa shape index (κ3) is 5.62. The number of thiazole rings is 1. The second kappa shape index (κ2) is 9.50. The predicted octanol–water partition coefficient (Wildman–Crippen LogP) is 5.88. The lowest BCUT2D eigenvalue weighted by molar-refractivity contribution is 0.0954. The third-order valence-corrected chi connectivity index (χ3v) is 6.56. The minimum absolute atomic E-state index is 0.0624. The highest BCUT2D eigenvalue weighted by atomic mass is 32.1. The molecule has 4 aromatic rings. The molecular formula is C26H27N5OS. The second-order valence-electron chi connectivity index (χ2n) is 8.86. The molecule has 2 aromatic heterocycles. The number of aryl methyl sites for hydroxylation is 1. The summed E-state index contributed by atoms with van der Waals surface area (Å²) in [5, 5.41) is 7.20. The number of carbonyl (C=O) groups excluding carboxylic acids is 1. The number of aromatic nitrogens is 3. The van der Waals surface area contributed by atoms with Crippen molar-refractivity contribution >= 4 is 28.9 Å². The van der Waals surface area contributed by atoms with E-state index in [9.17, 15) is 4.79 Å². The van der Waals surface area contributed by atoms with Crippen LogP contribution in [-0.4, -0.2) is 20.9 Å². The summed E-state index contributed by atoms with van der Waals surface area (Å²) in [6.07, 6.45) is 3.41. The molecule has 0 bridgehead atoms. The van der Waals surface area contributed by atoms with Gasteiger partial charge >= 0.3 is 0 Å². The van der Waals surface area contributed by atoms with Gasteiger partial charge in [0, 0.05) is 29.4 Å². The Morgan fingerprint density at radius 1 is 1.03 bits per heavy atom. The molecule has 0 radical (unpaired) electrons. The van der Waals surface area contributed by atoms with Crippen LogP contribution in [0.15, 0.2) is 67.0 Å². The van der Waals surface area contributed by atoms with Crippen LogP contribution in [0.2, 0.25) is 0 Å². The zero-order valence-electron chi connectivity index (χ0n) is 19.2. The van der Waals surface area contributed by atoms with Crippen molar-refractivity contribution in [1.29, 1.82) is 0 Å². The van der Waals surface area contributed by atoms with Gasteiger partial charge in [0.1, 0.15) is 4.88 Å². The fourth-order valence-corrected chi connectivity index (χ4v) is 4.16. The highest BCUT2D eigenvalue weighted by molar-refractivity contribution is 7.13. The van der Waals surface area contributed by atoms with Crippen LogP contribution in [0.4, 0.5) is 11.6 Å². The largest absolute Gasteiger partial charge is 0.347 e. The fraction of sp³-hybridized carbons (Fsp3) is 0.231. The molecule has 7 heteroatoms. The maximum Gasteiger partial charge on any atom is 0.263 e. The van der Waals surface area contributed by atoms with Crippen LogP contribution in [0.25, 0.3) is 11.3 Å². The standard InChI is InChI=1S/C26H27N5OS/c1-17-14-18(21-12-13-27-25(31-21)30-20-8-6-5-7-9-20)10-11-19(17)15-28-23(32)22-16-29-24(33-22)26(2,3)4/h5-14,16H,15H2,1-4H3,(H,28,32)(H,27,30,31). The van der Waals surface area contributed by atoms with Crippen LogP contribution in [-0.2, 0) is 12.0 Å². The summed E-state index contributed by atoms with van der Waals surface area (Å²) in [6, 6.07) is 17.9. The quantitative estimate of drug-likeness (QED) is 0.378. The van der Waals surface area contributed by atoms with E-state index in [-0.39, 0.29) is 11.3 Å². The van der Waals surface area contributed by atoms with Crippen LogP contribution in [0.5, 0.6) is 0 Å². The van der Waals surface area contributed by atoms with Gasteiger partial charge in [0.2, 0.25) is 5.95 Å². The van der Waals surface area contributed by atoms with E-state index in [1.807, 2.05) is 55.5 Å². The van der Waals surface area contributed by atoms with Gasteiger partial charge in [0.15, 0.2) is 0 Å². The summed E-state index contributed by atoms with van der Waals surface area (Å²) in [5.41, 5.74) is 4.85. The number of nitrogens with one attached hydrogen (secondary N) is 2. The summed E-state index contributed by atoms with van der Waals surface area (Å²) in [7, 11) is 0. The minimum Gasteiger partial charge on any atom is -0.347 e. The van der Waals surface area contributed by atoms with E-state index >= 15 is 0 Å². The molecule has 33 heavy (non-hydrogen) atoms. The van der Waals surface area contributed by atoms with Crippen molar-refractivity contribution in [3.8, 4) is 11.3 Å². The van der Waals surface area contributed by atoms with Crippen molar-refractivity contribution in [2.24, 2.45) is 0 Å². The summed E-state index contributed by atoms with van der Waals surface area (Å²) in [6.45, 7) is 8.78. The summed E-state index contributed by atoms with van der Waals surface area (Å²) in [4.78, 5) is 26.6.